The van der Waals surface area contributed by atoms with Crippen LogP contribution in [0.15, 0.2) is 0 Å². The second-order valence-electron chi connectivity index (χ2n) is 6.42. The first kappa shape index (κ1) is 14.3. The molecule has 0 bridgehead atoms. The number of ether oxygens (including phenoxy) is 2. The number of hydrogen-bond donors (Lipinski definition) is 0. The van der Waals surface area contributed by atoms with Gasteiger partial charge in [0.15, 0.2) is 0 Å². The Bertz CT molecular complexity index is 221. The van der Waals surface area contributed by atoms with Gasteiger partial charge in [-0.2, -0.15) is 0 Å². The number of hydrogen-bond acceptors (Lipinski definition) is 2. The monoisotopic (exact) mass is 254 g/mol. The van der Waals surface area contributed by atoms with Crippen molar-refractivity contribution in [3.63, 3.8) is 0 Å². The first-order valence-electron chi connectivity index (χ1n) is 7.81. The van der Waals surface area contributed by atoms with Crippen molar-refractivity contribution in [1.29, 1.82) is 0 Å². The van der Waals surface area contributed by atoms with Crippen LogP contribution in [0.2, 0.25) is 0 Å². The van der Waals surface area contributed by atoms with E-state index < -0.39 is 0 Å². The number of rotatable bonds is 6. The Hall–Kier alpha value is -0.0800. The molecule has 0 aromatic heterocycles. The Morgan fingerprint density at radius 1 is 0.722 bits per heavy atom. The summed E-state index contributed by atoms with van der Waals surface area (Å²) in [5, 5.41) is 0. The van der Waals surface area contributed by atoms with Crippen LogP contribution in [0.4, 0.5) is 0 Å². The molecular weight excluding hydrogens is 224 g/mol. The van der Waals surface area contributed by atoms with E-state index in [1.54, 1.807) is 0 Å². The van der Waals surface area contributed by atoms with E-state index in [1.165, 1.54) is 57.8 Å². The van der Waals surface area contributed by atoms with Gasteiger partial charge in [0, 0.05) is 19.6 Å². The molecule has 2 saturated carbocycles. The van der Waals surface area contributed by atoms with E-state index in [4.69, 9.17) is 9.47 Å². The molecule has 2 nitrogen and oxygen atoms in total. The first-order valence-corrected chi connectivity index (χ1v) is 7.81. The molecule has 18 heavy (non-hydrogen) atoms. The quantitative estimate of drug-likeness (QED) is 0.712. The summed E-state index contributed by atoms with van der Waals surface area (Å²) in [6.45, 7) is 1.80. The van der Waals surface area contributed by atoms with Crippen molar-refractivity contribution < 1.29 is 9.47 Å². The first-order chi connectivity index (χ1) is 8.83. The lowest BCUT2D eigenvalue weighted by molar-refractivity contribution is -0.0784. The maximum absolute atomic E-state index is 5.65. The van der Waals surface area contributed by atoms with Gasteiger partial charge in [-0.15, -0.1) is 0 Å². The van der Waals surface area contributed by atoms with E-state index in [-0.39, 0.29) is 0 Å². The summed E-state index contributed by atoms with van der Waals surface area (Å²) in [6.07, 6.45) is 12.6. The SMILES string of the molecule is COCC(COC)(C1CCCCC1)C1CCCC1. The van der Waals surface area contributed by atoms with Crippen molar-refractivity contribution >= 4 is 0 Å². The molecule has 2 aliphatic carbocycles. The molecule has 2 fully saturated rings. The summed E-state index contributed by atoms with van der Waals surface area (Å²) in [4.78, 5) is 0. The fourth-order valence-corrected chi connectivity index (χ4v) is 4.56. The van der Waals surface area contributed by atoms with E-state index in [2.05, 4.69) is 0 Å². The van der Waals surface area contributed by atoms with Gasteiger partial charge < -0.3 is 9.47 Å². The lowest BCUT2D eigenvalue weighted by atomic mass is 9.62. The van der Waals surface area contributed by atoms with Crippen molar-refractivity contribution in [2.45, 2.75) is 57.8 Å². The summed E-state index contributed by atoms with van der Waals surface area (Å²) >= 11 is 0. The van der Waals surface area contributed by atoms with E-state index in [0.717, 1.165) is 25.0 Å². The predicted molar refractivity (Wildman–Crippen MR) is 74.7 cm³/mol. The normalized spacial score (nSPS) is 23.7. The molecule has 0 atom stereocenters. The fraction of sp³-hybridized carbons (Fsp3) is 1.00. The zero-order valence-corrected chi connectivity index (χ0v) is 12.2. The van der Waals surface area contributed by atoms with Crippen LogP contribution < -0.4 is 0 Å². The molecule has 106 valence electrons. The molecule has 0 aliphatic heterocycles. The van der Waals surface area contributed by atoms with Crippen molar-refractivity contribution in [1.82, 2.24) is 0 Å². The third-order valence-corrected chi connectivity index (χ3v) is 5.41. The molecule has 0 N–H and O–H groups in total. The van der Waals surface area contributed by atoms with Crippen LogP contribution in [0.3, 0.4) is 0 Å². The van der Waals surface area contributed by atoms with Crippen LogP contribution in [0.25, 0.3) is 0 Å². The van der Waals surface area contributed by atoms with Crippen LogP contribution in [0.5, 0.6) is 0 Å². The van der Waals surface area contributed by atoms with Gasteiger partial charge in [0.1, 0.15) is 0 Å². The molecule has 0 saturated heterocycles. The predicted octanol–water partition coefficient (Wildman–Crippen LogP) is 4.04. The minimum atomic E-state index is 0.306. The van der Waals surface area contributed by atoms with Crippen LogP contribution in [-0.2, 0) is 9.47 Å². The van der Waals surface area contributed by atoms with Crippen molar-refractivity contribution in [2.24, 2.45) is 17.3 Å². The zero-order chi connectivity index (χ0) is 12.8. The molecule has 2 heteroatoms. The van der Waals surface area contributed by atoms with Gasteiger partial charge in [0.05, 0.1) is 13.2 Å². The molecule has 0 amide bonds. The van der Waals surface area contributed by atoms with Gasteiger partial charge >= 0.3 is 0 Å². The number of methoxy groups -OCH3 is 2. The molecule has 0 unspecified atom stereocenters. The molecule has 2 aliphatic rings. The molecule has 0 aromatic rings. The minimum Gasteiger partial charge on any atom is -0.384 e. The van der Waals surface area contributed by atoms with Crippen LogP contribution in [-0.4, -0.2) is 27.4 Å². The average molecular weight is 254 g/mol. The topological polar surface area (TPSA) is 18.5 Å². The minimum absolute atomic E-state index is 0.306. The van der Waals surface area contributed by atoms with Crippen LogP contribution >= 0.6 is 0 Å². The molecule has 0 aromatic carbocycles. The van der Waals surface area contributed by atoms with Crippen LogP contribution in [0, 0.1) is 17.3 Å². The van der Waals surface area contributed by atoms with E-state index in [1.807, 2.05) is 14.2 Å². The average Bonchev–Trinajstić information content (AvgIpc) is 2.94. The van der Waals surface area contributed by atoms with Gasteiger partial charge in [-0.25, -0.2) is 0 Å². The summed E-state index contributed by atoms with van der Waals surface area (Å²) in [7, 11) is 3.73. The van der Waals surface area contributed by atoms with Gasteiger partial charge in [0.25, 0.3) is 0 Å². The molecular formula is C16H30O2. The summed E-state index contributed by atoms with van der Waals surface area (Å²) in [5.74, 6) is 1.66. The maximum Gasteiger partial charge on any atom is 0.0546 e. The Kier molecular flexibility index (Phi) is 5.50. The third-order valence-electron chi connectivity index (χ3n) is 5.41. The van der Waals surface area contributed by atoms with E-state index in [9.17, 15) is 0 Å². The van der Waals surface area contributed by atoms with Crippen molar-refractivity contribution in [3.8, 4) is 0 Å². The Balaban J connectivity index is 2.16. The fourth-order valence-electron chi connectivity index (χ4n) is 4.56. The Morgan fingerprint density at radius 2 is 1.11 bits per heavy atom. The van der Waals surface area contributed by atoms with Crippen molar-refractivity contribution in [2.75, 3.05) is 27.4 Å². The summed E-state index contributed by atoms with van der Waals surface area (Å²) in [5.41, 5.74) is 0.306. The summed E-state index contributed by atoms with van der Waals surface area (Å²) < 4.78 is 11.3. The second-order valence-corrected chi connectivity index (χ2v) is 6.42. The largest absolute Gasteiger partial charge is 0.384 e. The molecule has 0 radical (unpaired) electrons. The molecule has 0 spiro atoms. The lowest BCUT2D eigenvalue weighted by Crippen LogP contribution is -2.45. The van der Waals surface area contributed by atoms with Gasteiger partial charge in [-0.3, -0.25) is 0 Å². The Labute approximate surface area is 112 Å². The highest BCUT2D eigenvalue weighted by molar-refractivity contribution is 4.95. The maximum atomic E-state index is 5.65. The highest BCUT2D eigenvalue weighted by Crippen LogP contribution is 2.50. The van der Waals surface area contributed by atoms with E-state index >= 15 is 0 Å². The molecule has 2 rings (SSSR count). The smallest absolute Gasteiger partial charge is 0.0546 e. The summed E-state index contributed by atoms with van der Waals surface area (Å²) in [6, 6.07) is 0. The van der Waals surface area contributed by atoms with Crippen molar-refractivity contribution in [3.05, 3.63) is 0 Å². The highest BCUT2D eigenvalue weighted by atomic mass is 16.5. The second kappa shape index (κ2) is 6.91. The third kappa shape index (κ3) is 2.91. The van der Waals surface area contributed by atoms with E-state index in [0.29, 0.717) is 5.41 Å². The zero-order valence-electron chi connectivity index (χ0n) is 12.2. The molecule has 0 heterocycles. The van der Waals surface area contributed by atoms with Gasteiger partial charge in [-0.05, 0) is 37.5 Å². The van der Waals surface area contributed by atoms with Crippen LogP contribution in [0.1, 0.15) is 57.8 Å². The Morgan fingerprint density at radius 3 is 1.50 bits per heavy atom. The van der Waals surface area contributed by atoms with Gasteiger partial charge in [-0.1, -0.05) is 32.1 Å². The van der Waals surface area contributed by atoms with Gasteiger partial charge in [0.2, 0.25) is 0 Å². The highest BCUT2D eigenvalue weighted by Gasteiger charge is 2.46. The standard InChI is InChI=1S/C16H30O2/c1-17-12-16(13-18-2,15-10-6-7-11-15)14-8-4-3-5-9-14/h14-15H,3-13H2,1-2H3. The lowest BCUT2D eigenvalue weighted by Gasteiger charge is -2.46.